The molecule has 2 heterocycles. The SMILES string of the molecule is CC(C)[C@@H](NS(=O)(=O)c1ccccc1)C(=O)OCc1cn2ccccc2c1C#N. The van der Waals surface area contributed by atoms with Gasteiger partial charge in [-0.25, -0.2) is 8.42 Å². The van der Waals surface area contributed by atoms with Gasteiger partial charge < -0.3 is 9.14 Å². The van der Waals surface area contributed by atoms with Crippen LogP contribution in [0.1, 0.15) is 25.0 Å². The van der Waals surface area contributed by atoms with E-state index in [-0.39, 0.29) is 17.4 Å². The number of benzene rings is 1. The van der Waals surface area contributed by atoms with Crippen LogP contribution >= 0.6 is 0 Å². The van der Waals surface area contributed by atoms with Crippen LogP contribution < -0.4 is 4.72 Å². The number of hydrogen-bond donors (Lipinski definition) is 1. The molecule has 7 nitrogen and oxygen atoms in total. The molecule has 0 aliphatic heterocycles. The first-order valence-corrected chi connectivity index (χ1v) is 10.5. The number of esters is 1. The standard InChI is InChI=1S/C21H21N3O4S/c1-15(2)20(23-29(26,27)17-8-4-3-5-9-17)21(25)28-14-16-13-24-11-7-6-10-19(24)18(16)12-22/h3-11,13,15,20,23H,14H2,1-2H3/t20-/m1/s1. The molecule has 3 rings (SSSR count). The molecule has 0 radical (unpaired) electrons. The van der Waals surface area contributed by atoms with Crippen molar-refractivity contribution in [2.45, 2.75) is 31.4 Å². The number of aromatic nitrogens is 1. The molecule has 2 aromatic heterocycles. The molecular formula is C21H21N3O4S. The Balaban J connectivity index is 1.77. The molecule has 0 saturated heterocycles. The summed E-state index contributed by atoms with van der Waals surface area (Å²) in [5.41, 5.74) is 1.69. The van der Waals surface area contributed by atoms with Crippen molar-refractivity contribution < 1.29 is 17.9 Å². The molecule has 3 aromatic rings. The van der Waals surface area contributed by atoms with E-state index < -0.39 is 22.0 Å². The molecule has 1 atom stereocenters. The molecule has 1 N–H and O–H groups in total. The Bertz CT molecular complexity index is 1160. The Kier molecular flexibility index (Phi) is 6.01. The second-order valence-electron chi connectivity index (χ2n) is 6.90. The molecule has 1 aromatic carbocycles. The van der Waals surface area contributed by atoms with Gasteiger partial charge in [0.25, 0.3) is 0 Å². The normalized spacial score (nSPS) is 12.6. The summed E-state index contributed by atoms with van der Waals surface area (Å²) in [6.45, 7) is 3.33. The summed E-state index contributed by atoms with van der Waals surface area (Å²) in [5, 5.41) is 9.45. The van der Waals surface area contributed by atoms with Gasteiger partial charge in [0.1, 0.15) is 18.7 Å². The number of ether oxygens (including phenoxy) is 1. The van der Waals surface area contributed by atoms with Gasteiger partial charge in [0.05, 0.1) is 16.0 Å². The van der Waals surface area contributed by atoms with E-state index in [9.17, 15) is 18.5 Å². The van der Waals surface area contributed by atoms with Crippen LogP contribution in [0.15, 0.2) is 65.8 Å². The fourth-order valence-corrected chi connectivity index (χ4v) is 4.30. The maximum absolute atomic E-state index is 12.6. The van der Waals surface area contributed by atoms with Crippen LogP contribution in [0.4, 0.5) is 0 Å². The lowest BCUT2D eigenvalue weighted by Gasteiger charge is -2.20. The van der Waals surface area contributed by atoms with Crippen molar-refractivity contribution in [3.63, 3.8) is 0 Å². The van der Waals surface area contributed by atoms with E-state index in [0.29, 0.717) is 16.6 Å². The number of pyridine rings is 1. The molecule has 0 aliphatic rings. The van der Waals surface area contributed by atoms with Gasteiger partial charge in [0, 0.05) is 18.0 Å². The number of carbonyl (C=O) groups excluding carboxylic acids is 1. The molecule has 0 fully saturated rings. The van der Waals surface area contributed by atoms with Gasteiger partial charge in [0.15, 0.2) is 0 Å². The van der Waals surface area contributed by atoms with E-state index in [2.05, 4.69) is 10.8 Å². The maximum Gasteiger partial charge on any atom is 0.324 e. The monoisotopic (exact) mass is 411 g/mol. The summed E-state index contributed by atoms with van der Waals surface area (Å²) in [7, 11) is -3.87. The summed E-state index contributed by atoms with van der Waals surface area (Å²) in [6.07, 6.45) is 3.52. The van der Waals surface area contributed by atoms with Gasteiger partial charge in [0.2, 0.25) is 10.0 Å². The fraction of sp³-hybridized carbons (Fsp3) is 0.238. The summed E-state index contributed by atoms with van der Waals surface area (Å²) < 4.78 is 34.7. The predicted octanol–water partition coefficient (Wildman–Crippen LogP) is 2.86. The first-order chi connectivity index (χ1) is 13.8. The van der Waals surface area contributed by atoms with Crippen molar-refractivity contribution >= 4 is 21.5 Å². The number of hydrogen-bond acceptors (Lipinski definition) is 5. The van der Waals surface area contributed by atoms with E-state index >= 15 is 0 Å². The smallest absolute Gasteiger partial charge is 0.324 e. The van der Waals surface area contributed by atoms with Gasteiger partial charge in [-0.2, -0.15) is 9.98 Å². The molecule has 0 spiro atoms. The predicted molar refractivity (Wildman–Crippen MR) is 107 cm³/mol. The van der Waals surface area contributed by atoms with Crippen molar-refractivity contribution in [2.24, 2.45) is 5.92 Å². The zero-order valence-corrected chi connectivity index (χ0v) is 16.9. The highest BCUT2D eigenvalue weighted by Gasteiger charge is 2.30. The number of rotatable bonds is 7. The number of nitrogens with one attached hydrogen (secondary N) is 1. The molecular weight excluding hydrogens is 390 g/mol. The zero-order chi connectivity index (χ0) is 21.0. The van der Waals surface area contributed by atoms with Crippen LogP contribution in [0.5, 0.6) is 0 Å². The number of nitrogens with zero attached hydrogens (tertiary/aromatic N) is 2. The molecule has 0 bridgehead atoms. The Labute approximate surface area is 169 Å². The number of nitriles is 1. The molecule has 29 heavy (non-hydrogen) atoms. The number of fused-ring (bicyclic) bond motifs is 1. The van der Waals surface area contributed by atoms with Crippen LogP contribution in [0.2, 0.25) is 0 Å². The summed E-state index contributed by atoms with van der Waals surface area (Å²) in [6, 6.07) is 14.4. The highest BCUT2D eigenvalue weighted by atomic mass is 32.2. The van der Waals surface area contributed by atoms with Crippen molar-refractivity contribution in [2.75, 3.05) is 0 Å². The highest BCUT2D eigenvalue weighted by Crippen LogP contribution is 2.19. The minimum absolute atomic E-state index is 0.0731. The summed E-state index contributed by atoms with van der Waals surface area (Å²) >= 11 is 0. The van der Waals surface area contributed by atoms with Crippen molar-refractivity contribution in [1.82, 2.24) is 9.12 Å². The van der Waals surface area contributed by atoms with Crippen LogP contribution in [0.25, 0.3) is 5.52 Å². The molecule has 0 aliphatic carbocycles. The fourth-order valence-electron chi connectivity index (χ4n) is 2.95. The molecule has 0 amide bonds. The average molecular weight is 411 g/mol. The maximum atomic E-state index is 12.6. The Morgan fingerprint density at radius 3 is 2.52 bits per heavy atom. The van der Waals surface area contributed by atoms with Gasteiger partial charge in [-0.15, -0.1) is 0 Å². The second kappa shape index (κ2) is 8.47. The number of carbonyl (C=O) groups is 1. The highest BCUT2D eigenvalue weighted by molar-refractivity contribution is 7.89. The van der Waals surface area contributed by atoms with Gasteiger partial charge in [-0.3, -0.25) is 4.79 Å². The lowest BCUT2D eigenvalue weighted by atomic mass is 10.1. The third kappa shape index (κ3) is 4.47. The van der Waals surface area contributed by atoms with Gasteiger partial charge in [-0.1, -0.05) is 38.1 Å². The molecule has 150 valence electrons. The third-order valence-electron chi connectivity index (χ3n) is 4.50. The first-order valence-electron chi connectivity index (χ1n) is 9.06. The van der Waals surface area contributed by atoms with Crippen molar-refractivity contribution in [3.8, 4) is 6.07 Å². The molecule has 0 unspecified atom stereocenters. The van der Waals surface area contributed by atoms with E-state index in [0.717, 1.165) is 0 Å². The van der Waals surface area contributed by atoms with Gasteiger partial charge in [-0.05, 0) is 30.2 Å². The topological polar surface area (TPSA) is 101 Å². The zero-order valence-electron chi connectivity index (χ0n) is 16.1. The summed E-state index contributed by atoms with van der Waals surface area (Å²) in [5.74, 6) is -1.02. The first kappa shape index (κ1) is 20.6. The van der Waals surface area contributed by atoms with Crippen molar-refractivity contribution in [1.29, 1.82) is 5.26 Å². The lowest BCUT2D eigenvalue weighted by molar-refractivity contribution is -0.148. The average Bonchev–Trinajstić information content (AvgIpc) is 3.08. The Morgan fingerprint density at radius 1 is 1.17 bits per heavy atom. The Morgan fingerprint density at radius 2 is 1.86 bits per heavy atom. The van der Waals surface area contributed by atoms with Crippen LogP contribution in [0.3, 0.4) is 0 Å². The molecule has 0 saturated carbocycles. The lowest BCUT2D eigenvalue weighted by Crippen LogP contribution is -2.45. The largest absolute Gasteiger partial charge is 0.460 e. The minimum Gasteiger partial charge on any atom is -0.460 e. The van der Waals surface area contributed by atoms with E-state index in [4.69, 9.17) is 4.74 Å². The van der Waals surface area contributed by atoms with Crippen LogP contribution in [-0.2, 0) is 26.2 Å². The van der Waals surface area contributed by atoms with Crippen LogP contribution in [-0.4, -0.2) is 24.8 Å². The number of sulfonamides is 1. The minimum atomic E-state index is -3.87. The van der Waals surface area contributed by atoms with Gasteiger partial charge >= 0.3 is 5.97 Å². The van der Waals surface area contributed by atoms with Crippen molar-refractivity contribution in [3.05, 3.63) is 72.1 Å². The van der Waals surface area contributed by atoms with E-state index in [1.54, 1.807) is 54.9 Å². The van der Waals surface area contributed by atoms with E-state index in [1.807, 2.05) is 12.1 Å². The third-order valence-corrected chi connectivity index (χ3v) is 5.96. The second-order valence-corrected chi connectivity index (χ2v) is 8.61. The molecule has 8 heteroatoms. The van der Waals surface area contributed by atoms with E-state index in [1.165, 1.54) is 12.1 Å². The Hall–Kier alpha value is -3.15. The summed E-state index contributed by atoms with van der Waals surface area (Å²) in [4.78, 5) is 12.7. The van der Waals surface area contributed by atoms with Crippen LogP contribution in [0, 0.1) is 17.2 Å². The quantitative estimate of drug-likeness (QED) is 0.603.